The molecule has 0 amide bonds. The van der Waals surface area contributed by atoms with Gasteiger partial charge < -0.3 is 0 Å². The Bertz CT molecular complexity index is 188. The van der Waals surface area contributed by atoms with Crippen molar-refractivity contribution < 1.29 is 0 Å². The first-order chi connectivity index (χ1) is 8.91. The van der Waals surface area contributed by atoms with E-state index in [2.05, 4.69) is 38.2 Å². The maximum atomic E-state index is 2.32. The van der Waals surface area contributed by atoms with E-state index in [1.165, 1.54) is 77.0 Å². The summed E-state index contributed by atoms with van der Waals surface area (Å²) < 4.78 is 0. The van der Waals surface area contributed by atoms with E-state index in [0.717, 1.165) is 0 Å². The van der Waals surface area contributed by atoms with Crippen LogP contribution in [0.1, 0.15) is 90.9 Å². The fraction of sp³-hybridized carbons (Fsp3) is 0.778. The maximum absolute atomic E-state index is 2.32. The van der Waals surface area contributed by atoms with Crippen LogP contribution in [0.25, 0.3) is 0 Å². The Morgan fingerprint density at radius 1 is 0.500 bits per heavy atom. The zero-order valence-corrected chi connectivity index (χ0v) is 12.8. The number of hydrogen-bond donors (Lipinski definition) is 0. The zero-order chi connectivity index (χ0) is 13.3. The molecule has 18 heavy (non-hydrogen) atoms. The van der Waals surface area contributed by atoms with Gasteiger partial charge in [0.15, 0.2) is 0 Å². The fourth-order valence-corrected chi connectivity index (χ4v) is 2.08. The molecule has 0 aromatic carbocycles. The van der Waals surface area contributed by atoms with E-state index in [1.807, 2.05) is 0 Å². The Labute approximate surface area is 116 Å². The van der Waals surface area contributed by atoms with E-state index >= 15 is 0 Å². The Morgan fingerprint density at radius 3 is 1.39 bits per heavy atom. The van der Waals surface area contributed by atoms with E-state index in [0.29, 0.717) is 0 Å². The van der Waals surface area contributed by atoms with Gasteiger partial charge in [0.1, 0.15) is 0 Å². The standard InChI is InChI=1S/C18H34/c1-3-5-7-9-11-13-15-17-18-16-14-12-10-8-6-4-2/h13,15,17-18H,3-12,14,16H2,1-2H3/b15-13?,18-17+. The second-order valence-corrected chi connectivity index (χ2v) is 5.26. The minimum absolute atomic E-state index is 1.25. The van der Waals surface area contributed by atoms with Gasteiger partial charge in [-0.1, -0.05) is 89.5 Å². The molecule has 0 aromatic heterocycles. The predicted octanol–water partition coefficient (Wildman–Crippen LogP) is 6.82. The zero-order valence-electron chi connectivity index (χ0n) is 12.8. The summed E-state index contributed by atoms with van der Waals surface area (Å²) in [7, 11) is 0. The van der Waals surface area contributed by atoms with Gasteiger partial charge in [-0.2, -0.15) is 0 Å². The highest BCUT2D eigenvalue weighted by Gasteiger charge is 1.87. The largest absolute Gasteiger partial charge is 0.0845 e. The lowest BCUT2D eigenvalue weighted by atomic mass is 10.1. The first-order valence-electron chi connectivity index (χ1n) is 8.23. The van der Waals surface area contributed by atoms with Crippen molar-refractivity contribution >= 4 is 0 Å². The molecule has 106 valence electrons. The van der Waals surface area contributed by atoms with Crippen LogP contribution in [0.5, 0.6) is 0 Å². The third-order valence-electron chi connectivity index (χ3n) is 3.33. The van der Waals surface area contributed by atoms with Crippen LogP contribution in [0.4, 0.5) is 0 Å². The average molecular weight is 250 g/mol. The monoisotopic (exact) mass is 250 g/mol. The van der Waals surface area contributed by atoms with Crippen LogP contribution < -0.4 is 0 Å². The molecule has 0 aliphatic heterocycles. The van der Waals surface area contributed by atoms with E-state index in [-0.39, 0.29) is 0 Å². The van der Waals surface area contributed by atoms with Gasteiger partial charge in [0.25, 0.3) is 0 Å². The molecule has 0 aromatic rings. The molecule has 0 unspecified atom stereocenters. The normalized spacial score (nSPS) is 11.9. The van der Waals surface area contributed by atoms with E-state index in [4.69, 9.17) is 0 Å². The second kappa shape index (κ2) is 16.5. The minimum Gasteiger partial charge on any atom is -0.0845 e. The molecular weight excluding hydrogens is 216 g/mol. The van der Waals surface area contributed by atoms with Crippen molar-refractivity contribution in [1.29, 1.82) is 0 Å². The average Bonchev–Trinajstić information content (AvgIpc) is 2.39. The summed E-state index contributed by atoms with van der Waals surface area (Å²) in [6, 6.07) is 0. The molecule has 0 heterocycles. The van der Waals surface area contributed by atoms with E-state index in [1.54, 1.807) is 0 Å². The highest BCUT2D eigenvalue weighted by molar-refractivity contribution is 5.02. The number of hydrogen-bond acceptors (Lipinski definition) is 0. The smallest absolute Gasteiger partial charge is 0.0348 e. The van der Waals surface area contributed by atoms with Crippen molar-refractivity contribution in [2.75, 3.05) is 0 Å². The molecule has 0 aliphatic rings. The van der Waals surface area contributed by atoms with Gasteiger partial charge in [-0.25, -0.2) is 0 Å². The van der Waals surface area contributed by atoms with Crippen LogP contribution in [0, 0.1) is 0 Å². The lowest BCUT2D eigenvalue weighted by molar-refractivity contribution is 0.611. The molecule has 0 radical (unpaired) electrons. The second-order valence-electron chi connectivity index (χ2n) is 5.26. The molecule has 0 saturated heterocycles. The summed E-state index contributed by atoms with van der Waals surface area (Å²) in [6.45, 7) is 4.54. The molecule has 0 spiro atoms. The molecule has 0 aliphatic carbocycles. The Kier molecular flexibility index (Phi) is 16.0. The van der Waals surface area contributed by atoms with Crippen molar-refractivity contribution in [3.05, 3.63) is 24.3 Å². The summed E-state index contributed by atoms with van der Waals surface area (Å²) in [5.41, 5.74) is 0. The third kappa shape index (κ3) is 15.5. The van der Waals surface area contributed by atoms with Crippen LogP contribution >= 0.6 is 0 Å². The van der Waals surface area contributed by atoms with Crippen LogP contribution in [0.3, 0.4) is 0 Å². The van der Waals surface area contributed by atoms with Crippen molar-refractivity contribution in [3.8, 4) is 0 Å². The van der Waals surface area contributed by atoms with Gasteiger partial charge in [-0.15, -0.1) is 0 Å². The first-order valence-corrected chi connectivity index (χ1v) is 8.23. The fourth-order valence-electron chi connectivity index (χ4n) is 2.08. The lowest BCUT2D eigenvalue weighted by Crippen LogP contribution is -1.77. The van der Waals surface area contributed by atoms with Crippen molar-refractivity contribution in [2.45, 2.75) is 90.9 Å². The SMILES string of the molecule is CCCCCCC=C/C=C/CCCCCCCC. The van der Waals surface area contributed by atoms with Crippen LogP contribution in [0.2, 0.25) is 0 Å². The van der Waals surface area contributed by atoms with Gasteiger partial charge in [-0.05, 0) is 25.7 Å². The Hall–Kier alpha value is -0.520. The summed E-state index contributed by atoms with van der Waals surface area (Å²) in [4.78, 5) is 0. The van der Waals surface area contributed by atoms with E-state index < -0.39 is 0 Å². The molecule has 0 bridgehead atoms. The molecule has 0 nitrogen and oxygen atoms in total. The summed E-state index contributed by atoms with van der Waals surface area (Å²) >= 11 is 0. The number of rotatable bonds is 13. The summed E-state index contributed by atoms with van der Waals surface area (Å²) in [6.07, 6.45) is 25.5. The van der Waals surface area contributed by atoms with Gasteiger partial charge in [0.2, 0.25) is 0 Å². The third-order valence-corrected chi connectivity index (χ3v) is 3.33. The Balaban J connectivity index is 3.14. The molecule has 0 saturated carbocycles. The highest BCUT2D eigenvalue weighted by Crippen LogP contribution is 2.07. The summed E-state index contributed by atoms with van der Waals surface area (Å²) in [5, 5.41) is 0. The molecule has 0 rings (SSSR count). The van der Waals surface area contributed by atoms with Gasteiger partial charge in [0.05, 0.1) is 0 Å². The first kappa shape index (κ1) is 17.5. The minimum atomic E-state index is 1.25. The Morgan fingerprint density at radius 2 is 0.889 bits per heavy atom. The van der Waals surface area contributed by atoms with Gasteiger partial charge in [0, 0.05) is 0 Å². The van der Waals surface area contributed by atoms with Gasteiger partial charge >= 0.3 is 0 Å². The topological polar surface area (TPSA) is 0 Å². The van der Waals surface area contributed by atoms with Crippen molar-refractivity contribution in [2.24, 2.45) is 0 Å². The number of allylic oxidation sites excluding steroid dienone is 4. The molecule has 0 heteroatoms. The van der Waals surface area contributed by atoms with E-state index in [9.17, 15) is 0 Å². The lowest BCUT2D eigenvalue weighted by Gasteiger charge is -1.97. The highest BCUT2D eigenvalue weighted by atomic mass is 13.9. The van der Waals surface area contributed by atoms with Crippen LogP contribution in [-0.2, 0) is 0 Å². The molecule has 0 N–H and O–H groups in total. The summed E-state index contributed by atoms with van der Waals surface area (Å²) in [5.74, 6) is 0. The molecule has 0 atom stereocenters. The van der Waals surface area contributed by atoms with Gasteiger partial charge in [-0.3, -0.25) is 0 Å². The van der Waals surface area contributed by atoms with Crippen molar-refractivity contribution in [1.82, 2.24) is 0 Å². The quantitative estimate of drug-likeness (QED) is 0.248. The van der Waals surface area contributed by atoms with Crippen LogP contribution in [0.15, 0.2) is 24.3 Å². The predicted molar refractivity (Wildman–Crippen MR) is 85.0 cm³/mol. The number of unbranched alkanes of at least 4 members (excludes halogenated alkanes) is 10. The van der Waals surface area contributed by atoms with Crippen molar-refractivity contribution in [3.63, 3.8) is 0 Å². The maximum Gasteiger partial charge on any atom is -0.0348 e. The van der Waals surface area contributed by atoms with Crippen LogP contribution in [-0.4, -0.2) is 0 Å². The molecular formula is C18H34. The molecule has 0 fully saturated rings.